The summed E-state index contributed by atoms with van der Waals surface area (Å²) in [6.45, 7) is 0. The van der Waals surface area contributed by atoms with Gasteiger partial charge in [-0.15, -0.1) is 0 Å². The normalized spacial score (nSPS) is 13.7. The average Bonchev–Trinajstić information content (AvgIpc) is 2.30. The quantitative estimate of drug-likeness (QED) is 0.410. The lowest BCUT2D eigenvalue weighted by Gasteiger charge is -2.19. The number of nitrogens with one attached hydrogen (secondary N) is 1. The van der Waals surface area contributed by atoms with E-state index >= 15 is 0 Å². The van der Waals surface area contributed by atoms with Gasteiger partial charge in [0.1, 0.15) is 6.04 Å². The van der Waals surface area contributed by atoms with Crippen LogP contribution in [-0.2, 0) is 9.59 Å². The topological polar surface area (TPSA) is 130 Å². The number of carbonyl (C=O) groups is 2. The molecule has 0 bridgehead atoms. The number of rotatable bonds is 5. The van der Waals surface area contributed by atoms with Crippen LogP contribution in [0.4, 0.5) is 0 Å². The molecule has 0 fully saturated rings. The van der Waals surface area contributed by atoms with Crippen molar-refractivity contribution in [3.05, 3.63) is 35.9 Å². The molecule has 0 heterocycles. The van der Waals surface area contributed by atoms with Gasteiger partial charge in [-0.2, -0.15) is 0 Å². The summed E-state index contributed by atoms with van der Waals surface area (Å²) in [6, 6.07) is 6.77. The Labute approximate surface area is 97.7 Å². The number of nitrogens with two attached hydrogens (primary N) is 2. The zero-order valence-electron chi connectivity index (χ0n) is 8.96. The van der Waals surface area contributed by atoms with Crippen molar-refractivity contribution in [2.45, 2.75) is 12.0 Å². The maximum Gasteiger partial charge on any atom is 0.321 e. The van der Waals surface area contributed by atoms with Gasteiger partial charge in [-0.1, -0.05) is 30.3 Å². The van der Waals surface area contributed by atoms with Gasteiger partial charge in [-0.25, -0.2) is 0 Å². The summed E-state index contributed by atoms with van der Waals surface area (Å²) in [5.41, 5.74) is 11.0. The van der Waals surface area contributed by atoms with E-state index in [1.54, 1.807) is 30.3 Å². The predicted octanol–water partition coefficient (Wildman–Crippen LogP) is -0.313. The molecule has 2 unspecified atom stereocenters. The first-order valence-electron chi connectivity index (χ1n) is 4.86. The minimum absolute atomic E-state index is 0.433. The second-order valence-corrected chi connectivity index (χ2v) is 3.53. The van der Waals surface area contributed by atoms with Crippen molar-refractivity contribution in [1.29, 1.82) is 5.41 Å². The van der Waals surface area contributed by atoms with E-state index in [0.717, 1.165) is 0 Å². The van der Waals surface area contributed by atoms with Gasteiger partial charge in [0, 0.05) is 0 Å². The van der Waals surface area contributed by atoms with E-state index in [1.165, 1.54) is 0 Å². The van der Waals surface area contributed by atoms with Crippen molar-refractivity contribution in [2.75, 3.05) is 0 Å². The number of carboxylic acid groups (broad SMARTS) is 1. The lowest BCUT2D eigenvalue weighted by Crippen LogP contribution is -2.44. The highest BCUT2D eigenvalue weighted by atomic mass is 16.4. The Morgan fingerprint density at radius 3 is 2.18 bits per heavy atom. The Hall–Kier alpha value is -2.21. The zero-order chi connectivity index (χ0) is 13.0. The van der Waals surface area contributed by atoms with Crippen molar-refractivity contribution in [1.82, 2.24) is 0 Å². The molecule has 0 radical (unpaired) electrons. The van der Waals surface area contributed by atoms with Crippen LogP contribution in [0.15, 0.2) is 30.3 Å². The van der Waals surface area contributed by atoms with Gasteiger partial charge in [0.25, 0.3) is 0 Å². The average molecular weight is 235 g/mol. The highest BCUT2D eigenvalue weighted by Gasteiger charge is 2.33. The van der Waals surface area contributed by atoms with Crippen LogP contribution < -0.4 is 11.5 Å². The molecule has 6 heteroatoms. The van der Waals surface area contributed by atoms with Gasteiger partial charge in [0.05, 0.1) is 5.92 Å². The Bertz CT molecular complexity index is 445. The number of hydrogen-bond donors (Lipinski definition) is 4. The van der Waals surface area contributed by atoms with Crippen molar-refractivity contribution >= 4 is 17.6 Å². The van der Waals surface area contributed by atoms with E-state index < -0.39 is 29.5 Å². The molecule has 6 N–H and O–H groups in total. The van der Waals surface area contributed by atoms with E-state index in [9.17, 15) is 9.59 Å². The van der Waals surface area contributed by atoms with E-state index in [0.29, 0.717) is 5.56 Å². The van der Waals surface area contributed by atoms with Gasteiger partial charge in [0.15, 0.2) is 5.84 Å². The third kappa shape index (κ3) is 2.88. The predicted molar refractivity (Wildman–Crippen MR) is 61.7 cm³/mol. The maximum absolute atomic E-state index is 11.7. The summed E-state index contributed by atoms with van der Waals surface area (Å²) < 4.78 is 0. The number of carboxylic acids is 1. The van der Waals surface area contributed by atoms with Gasteiger partial charge in [-0.05, 0) is 5.56 Å². The van der Waals surface area contributed by atoms with Gasteiger partial charge in [0.2, 0.25) is 5.78 Å². The second-order valence-electron chi connectivity index (χ2n) is 3.53. The molecule has 0 aliphatic heterocycles. The van der Waals surface area contributed by atoms with Crippen LogP contribution in [0.5, 0.6) is 0 Å². The molecule has 0 saturated carbocycles. The number of hydrogen-bond acceptors (Lipinski definition) is 4. The molecule has 0 aliphatic rings. The zero-order valence-corrected chi connectivity index (χ0v) is 8.96. The van der Waals surface area contributed by atoms with E-state index in [2.05, 4.69) is 0 Å². The highest BCUT2D eigenvalue weighted by Crippen LogP contribution is 2.20. The van der Waals surface area contributed by atoms with Crippen molar-refractivity contribution in [3.8, 4) is 0 Å². The number of ketones is 1. The van der Waals surface area contributed by atoms with Crippen molar-refractivity contribution in [2.24, 2.45) is 11.5 Å². The molecular formula is C11H13N3O3. The largest absolute Gasteiger partial charge is 0.480 e. The Kier molecular flexibility index (Phi) is 3.95. The third-order valence-electron chi connectivity index (χ3n) is 2.35. The number of Topliss-reactive ketones (excluding diaryl/α,β-unsaturated/α-hetero) is 1. The maximum atomic E-state index is 11.7. The molecule has 0 aromatic heterocycles. The first-order chi connectivity index (χ1) is 7.95. The van der Waals surface area contributed by atoms with Gasteiger partial charge < -0.3 is 16.6 Å². The lowest BCUT2D eigenvalue weighted by molar-refractivity contribution is -0.140. The van der Waals surface area contributed by atoms with E-state index in [4.69, 9.17) is 22.0 Å². The molecule has 0 spiro atoms. The van der Waals surface area contributed by atoms with Crippen LogP contribution in [0, 0.1) is 5.41 Å². The van der Waals surface area contributed by atoms with E-state index in [-0.39, 0.29) is 0 Å². The molecule has 1 aromatic carbocycles. The molecule has 0 saturated heterocycles. The third-order valence-corrected chi connectivity index (χ3v) is 2.35. The molecule has 6 nitrogen and oxygen atoms in total. The molecule has 0 aliphatic carbocycles. The fourth-order valence-corrected chi connectivity index (χ4v) is 1.49. The fraction of sp³-hybridized carbons (Fsp3) is 0.182. The summed E-state index contributed by atoms with van der Waals surface area (Å²) in [5.74, 6) is -3.93. The Morgan fingerprint density at radius 1 is 1.24 bits per heavy atom. The molecule has 90 valence electrons. The summed E-state index contributed by atoms with van der Waals surface area (Å²) in [4.78, 5) is 22.5. The molecule has 1 aromatic rings. The van der Waals surface area contributed by atoms with Crippen LogP contribution in [-0.4, -0.2) is 28.7 Å². The minimum atomic E-state index is -1.42. The van der Waals surface area contributed by atoms with Crippen molar-refractivity contribution < 1.29 is 14.7 Å². The number of aliphatic carboxylic acids is 1. The molecular weight excluding hydrogens is 222 g/mol. The SMILES string of the molecule is N=C(N)C(=O)C(c1ccccc1)C(N)C(=O)O. The first kappa shape index (κ1) is 12.9. The van der Waals surface area contributed by atoms with Gasteiger partial charge in [-0.3, -0.25) is 15.0 Å². The number of benzene rings is 1. The van der Waals surface area contributed by atoms with Crippen LogP contribution in [0.1, 0.15) is 11.5 Å². The fourth-order valence-electron chi connectivity index (χ4n) is 1.49. The van der Waals surface area contributed by atoms with Crippen LogP contribution in [0.3, 0.4) is 0 Å². The summed E-state index contributed by atoms with van der Waals surface area (Å²) >= 11 is 0. The number of amidine groups is 1. The van der Waals surface area contributed by atoms with Gasteiger partial charge >= 0.3 is 5.97 Å². The Balaban J connectivity index is 3.16. The van der Waals surface area contributed by atoms with E-state index in [1.807, 2.05) is 0 Å². The molecule has 17 heavy (non-hydrogen) atoms. The first-order valence-corrected chi connectivity index (χ1v) is 4.86. The smallest absolute Gasteiger partial charge is 0.321 e. The second kappa shape index (κ2) is 5.22. The Morgan fingerprint density at radius 2 is 1.76 bits per heavy atom. The van der Waals surface area contributed by atoms with Crippen LogP contribution in [0.25, 0.3) is 0 Å². The summed E-state index contributed by atoms with van der Waals surface area (Å²) in [7, 11) is 0. The summed E-state index contributed by atoms with van der Waals surface area (Å²) in [6.07, 6.45) is 0. The van der Waals surface area contributed by atoms with Crippen molar-refractivity contribution in [3.63, 3.8) is 0 Å². The molecule has 2 atom stereocenters. The highest BCUT2D eigenvalue weighted by molar-refractivity contribution is 6.39. The lowest BCUT2D eigenvalue weighted by atomic mass is 9.87. The number of carbonyl (C=O) groups excluding carboxylic acids is 1. The standard InChI is InChI=1S/C11H13N3O3/c12-8(11(16)17)7(9(15)10(13)14)6-4-2-1-3-5-6/h1-5,7-8H,12H2,(H3,13,14)(H,16,17). The van der Waals surface area contributed by atoms with Crippen LogP contribution >= 0.6 is 0 Å². The minimum Gasteiger partial charge on any atom is -0.480 e. The summed E-state index contributed by atoms with van der Waals surface area (Å²) in [5, 5.41) is 15.9. The molecule has 1 rings (SSSR count). The van der Waals surface area contributed by atoms with Crippen LogP contribution in [0.2, 0.25) is 0 Å². The monoisotopic (exact) mass is 235 g/mol. The molecule has 0 amide bonds.